The van der Waals surface area contributed by atoms with E-state index in [1.807, 2.05) is 22.6 Å². The van der Waals surface area contributed by atoms with Crippen LogP contribution in [0.15, 0.2) is 18.2 Å². The average Bonchev–Trinajstić information content (AvgIpc) is 2.28. The molecule has 0 aromatic heterocycles. The summed E-state index contributed by atoms with van der Waals surface area (Å²) in [5.74, 6) is -1.55. The van der Waals surface area contributed by atoms with Crippen LogP contribution in [0.1, 0.15) is 16.8 Å². The van der Waals surface area contributed by atoms with E-state index in [0.717, 1.165) is 6.07 Å². The topological polar surface area (TPSA) is 110 Å². The maximum Gasteiger partial charge on any atom is 0.305 e. The van der Waals surface area contributed by atoms with Gasteiger partial charge in [-0.1, -0.05) is 0 Å². The molecule has 18 heavy (non-hydrogen) atoms. The van der Waals surface area contributed by atoms with E-state index in [0.29, 0.717) is 3.57 Å². The first-order chi connectivity index (χ1) is 8.41. The molecule has 0 aliphatic carbocycles. The van der Waals surface area contributed by atoms with Crippen LogP contribution in [0.5, 0.6) is 0 Å². The standard InChI is InChI=1S/C10H9IN2O5/c11-8-2-1-6(13(17)18)5-7(8)10(16)12-4-3-9(14)15/h1-2,5H,3-4H2,(H,12,16)(H,14,15). The molecular weight excluding hydrogens is 355 g/mol. The Hall–Kier alpha value is -1.71. The first-order valence-electron chi connectivity index (χ1n) is 4.85. The molecule has 0 spiro atoms. The van der Waals surface area contributed by atoms with Crippen molar-refractivity contribution >= 4 is 40.2 Å². The lowest BCUT2D eigenvalue weighted by atomic mass is 10.2. The molecule has 1 aromatic carbocycles. The molecule has 2 N–H and O–H groups in total. The van der Waals surface area contributed by atoms with Crippen LogP contribution in [0.3, 0.4) is 0 Å². The van der Waals surface area contributed by atoms with E-state index in [1.54, 1.807) is 0 Å². The number of rotatable bonds is 5. The Morgan fingerprint density at radius 1 is 1.44 bits per heavy atom. The van der Waals surface area contributed by atoms with Gasteiger partial charge < -0.3 is 10.4 Å². The van der Waals surface area contributed by atoms with Gasteiger partial charge in [-0.2, -0.15) is 0 Å². The van der Waals surface area contributed by atoms with Crippen LogP contribution >= 0.6 is 22.6 Å². The predicted octanol–water partition coefficient (Wildman–Crippen LogP) is 1.40. The van der Waals surface area contributed by atoms with Crippen LogP contribution < -0.4 is 5.32 Å². The number of carbonyl (C=O) groups excluding carboxylic acids is 1. The number of hydrogen-bond acceptors (Lipinski definition) is 4. The van der Waals surface area contributed by atoms with Crippen molar-refractivity contribution in [2.75, 3.05) is 6.54 Å². The van der Waals surface area contributed by atoms with Gasteiger partial charge in [-0.25, -0.2) is 0 Å². The normalized spacial score (nSPS) is 9.83. The molecule has 0 heterocycles. The number of amides is 1. The minimum atomic E-state index is -1.02. The molecule has 0 aliphatic rings. The Balaban J connectivity index is 2.81. The maximum absolute atomic E-state index is 11.7. The van der Waals surface area contributed by atoms with Gasteiger partial charge in [0.15, 0.2) is 0 Å². The maximum atomic E-state index is 11.7. The zero-order valence-electron chi connectivity index (χ0n) is 9.05. The molecular formula is C10H9IN2O5. The number of hydrogen-bond donors (Lipinski definition) is 2. The Morgan fingerprint density at radius 3 is 2.67 bits per heavy atom. The Kier molecular flexibility index (Phi) is 5.01. The fourth-order valence-corrected chi connectivity index (χ4v) is 1.76. The minimum Gasteiger partial charge on any atom is -0.481 e. The summed E-state index contributed by atoms with van der Waals surface area (Å²) >= 11 is 1.88. The van der Waals surface area contributed by atoms with Crippen molar-refractivity contribution in [2.45, 2.75) is 6.42 Å². The summed E-state index contributed by atoms with van der Waals surface area (Å²) in [6.07, 6.45) is -0.197. The fraction of sp³-hybridized carbons (Fsp3) is 0.200. The number of nitro benzene ring substituents is 1. The van der Waals surface area contributed by atoms with Crippen LogP contribution in [0.2, 0.25) is 0 Å². The van der Waals surface area contributed by atoms with Gasteiger partial charge >= 0.3 is 5.97 Å². The Labute approximate surface area is 115 Å². The van der Waals surface area contributed by atoms with E-state index in [2.05, 4.69) is 5.32 Å². The number of benzene rings is 1. The van der Waals surface area contributed by atoms with E-state index in [4.69, 9.17) is 5.11 Å². The summed E-state index contributed by atoms with van der Waals surface area (Å²) in [5.41, 5.74) is -0.0195. The molecule has 0 atom stereocenters. The number of nitrogens with zero attached hydrogens (tertiary/aromatic N) is 1. The van der Waals surface area contributed by atoms with Crippen molar-refractivity contribution in [3.8, 4) is 0 Å². The van der Waals surface area contributed by atoms with Gasteiger partial charge in [0.05, 0.1) is 16.9 Å². The van der Waals surface area contributed by atoms with Gasteiger partial charge in [-0.05, 0) is 28.7 Å². The number of carboxylic acid groups (broad SMARTS) is 1. The van der Waals surface area contributed by atoms with Gasteiger partial charge in [-0.15, -0.1) is 0 Å². The van der Waals surface area contributed by atoms with E-state index in [-0.39, 0.29) is 24.2 Å². The van der Waals surface area contributed by atoms with Crippen LogP contribution in [0.4, 0.5) is 5.69 Å². The smallest absolute Gasteiger partial charge is 0.305 e. The summed E-state index contributed by atoms with van der Waals surface area (Å²) in [6.45, 7) is -0.0209. The average molecular weight is 364 g/mol. The monoisotopic (exact) mass is 364 g/mol. The van der Waals surface area contributed by atoms with Crippen LogP contribution in [-0.2, 0) is 4.79 Å². The molecule has 8 heteroatoms. The lowest BCUT2D eigenvalue weighted by Crippen LogP contribution is -2.26. The number of carbonyl (C=O) groups is 2. The fourth-order valence-electron chi connectivity index (χ4n) is 1.18. The molecule has 0 fully saturated rings. The van der Waals surface area contributed by atoms with Crippen molar-refractivity contribution in [1.82, 2.24) is 5.32 Å². The van der Waals surface area contributed by atoms with Gasteiger partial charge in [-0.3, -0.25) is 19.7 Å². The van der Waals surface area contributed by atoms with E-state index >= 15 is 0 Å². The third-order valence-corrected chi connectivity index (χ3v) is 2.97. The molecule has 96 valence electrons. The van der Waals surface area contributed by atoms with Gasteiger partial charge in [0.2, 0.25) is 0 Å². The quantitative estimate of drug-likeness (QED) is 0.466. The second-order valence-corrected chi connectivity index (χ2v) is 4.48. The van der Waals surface area contributed by atoms with Crippen LogP contribution in [0.25, 0.3) is 0 Å². The molecule has 1 amide bonds. The van der Waals surface area contributed by atoms with Gasteiger partial charge in [0.25, 0.3) is 11.6 Å². The number of halogens is 1. The summed E-state index contributed by atoms with van der Waals surface area (Å²) in [5, 5.41) is 21.4. The van der Waals surface area contributed by atoms with Crippen molar-refractivity contribution < 1.29 is 19.6 Å². The summed E-state index contributed by atoms with van der Waals surface area (Å²) in [6, 6.07) is 3.93. The Morgan fingerprint density at radius 2 is 2.11 bits per heavy atom. The molecule has 1 rings (SSSR count). The van der Waals surface area contributed by atoms with Crippen molar-refractivity contribution in [1.29, 1.82) is 0 Å². The number of aliphatic carboxylic acids is 1. The number of nitrogens with one attached hydrogen (secondary N) is 1. The summed E-state index contributed by atoms with van der Waals surface area (Å²) < 4.78 is 0.561. The molecule has 0 saturated carbocycles. The molecule has 0 bridgehead atoms. The Bertz CT molecular complexity index is 503. The SMILES string of the molecule is O=C(O)CCNC(=O)c1cc([N+](=O)[O-])ccc1I. The second kappa shape index (κ2) is 6.28. The minimum absolute atomic E-state index is 0.0209. The summed E-state index contributed by atoms with van der Waals surface area (Å²) in [4.78, 5) is 32.0. The van der Waals surface area contributed by atoms with Gasteiger partial charge in [0.1, 0.15) is 0 Å². The second-order valence-electron chi connectivity index (χ2n) is 3.32. The van der Waals surface area contributed by atoms with Crippen molar-refractivity contribution in [3.05, 3.63) is 37.4 Å². The first kappa shape index (κ1) is 14.4. The van der Waals surface area contributed by atoms with Crippen molar-refractivity contribution in [3.63, 3.8) is 0 Å². The third-order valence-electron chi connectivity index (χ3n) is 2.03. The molecule has 0 radical (unpaired) electrons. The van der Waals surface area contributed by atoms with E-state index in [9.17, 15) is 19.7 Å². The van der Waals surface area contributed by atoms with E-state index < -0.39 is 16.8 Å². The lowest BCUT2D eigenvalue weighted by molar-refractivity contribution is -0.384. The number of nitro groups is 1. The number of non-ortho nitro benzene ring substituents is 1. The lowest BCUT2D eigenvalue weighted by Gasteiger charge is -2.05. The summed E-state index contributed by atoms with van der Waals surface area (Å²) in [7, 11) is 0. The van der Waals surface area contributed by atoms with Crippen LogP contribution in [-0.4, -0.2) is 28.5 Å². The highest BCUT2D eigenvalue weighted by Gasteiger charge is 2.15. The van der Waals surface area contributed by atoms with Gasteiger partial charge in [0, 0.05) is 22.2 Å². The highest BCUT2D eigenvalue weighted by molar-refractivity contribution is 14.1. The molecule has 0 saturated heterocycles. The molecule has 1 aromatic rings. The largest absolute Gasteiger partial charge is 0.481 e. The third kappa shape index (κ3) is 3.95. The van der Waals surface area contributed by atoms with E-state index in [1.165, 1.54) is 12.1 Å². The zero-order valence-corrected chi connectivity index (χ0v) is 11.2. The predicted molar refractivity (Wildman–Crippen MR) is 70.4 cm³/mol. The van der Waals surface area contributed by atoms with Crippen molar-refractivity contribution in [2.24, 2.45) is 0 Å². The molecule has 0 aliphatic heterocycles. The molecule has 7 nitrogen and oxygen atoms in total. The zero-order chi connectivity index (χ0) is 13.7. The first-order valence-corrected chi connectivity index (χ1v) is 5.93. The highest BCUT2D eigenvalue weighted by Crippen LogP contribution is 2.19. The van der Waals surface area contributed by atoms with Crippen LogP contribution in [0, 0.1) is 13.7 Å². The highest BCUT2D eigenvalue weighted by atomic mass is 127. The molecule has 0 unspecified atom stereocenters. The number of carboxylic acids is 1.